The summed E-state index contributed by atoms with van der Waals surface area (Å²) in [5, 5.41) is 23.7. The summed E-state index contributed by atoms with van der Waals surface area (Å²) in [6, 6.07) is -0.993. The van der Waals surface area contributed by atoms with Crippen LogP contribution in [0.5, 0.6) is 0 Å². The van der Waals surface area contributed by atoms with E-state index < -0.39 is 33.2 Å². The highest BCUT2D eigenvalue weighted by atomic mass is 33.1. The van der Waals surface area contributed by atoms with Gasteiger partial charge in [0.2, 0.25) is 11.8 Å². The van der Waals surface area contributed by atoms with Crippen LogP contribution in [0.1, 0.15) is 41.0 Å². The minimum atomic E-state index is -1.08. The Hall–Kier alpha value is -1.73. The fourth-order valence-corrected chi connectivity index (χ4v) is 4.74. The third kappa shape index (κ3) is 12.1. The van der Waals surface area contributed by atoms with Gasteiger partial charge in [0.1, 0.15) is 12.6 Å². The van der Waals surface area contributed by atoms with E-state index in [0.717, 1.165) is 12.2 Å². The Morgan fingerprint density at radius 2 is 1.83 bits per heavy atom. The van der Waals surface area contributed by atoms with Gasteiger partial charge in [-0.25, -0.2) is 4.79 Å². The third-order valence-electron chi connectivity index (χ3n) is 3.76. The number of carbonyl (C=O) groups is 3. The summed E-state index contributed by atoms with van der Waals surface area (Å²) in [6.07, 6.45) is 0.724. The van der Waals surface area contributed by atoms with Crippen molar-refractivity contribution in [1.29, 1.82) is 0 Å². The van der Waals surface area contributed by atoms with E-state index in [1.54, 1.807) is 27.7 Å². The Labute approximate surface area is 183 Å². The van der Waals surface area contributed by atoms with Gasteiger partial charge in [0, 0.05) is 25.8 Å². The van der Waals surface area contributed by atoms with Crippen molar-refractivity contribution in [2.75, 3.05) is 32.1 Å². The summed E-state index contributed by atoms with van der Waals surface area (Å²) < 4.78 is 4.74. The van der Waals surface area contributed by atoms with E-state index in [4.69, 9.17) is 4.74 Å². The van der Waals surface area contributed by atoms with Crippen molar-refractivity contribution in [2.45, 2.75) is 51.8 Å². The molecule has 0 aliphatic rings. The van der Waals surface area contributed by atoms with Crippen molar-refractivity contribution < 1.29 is 34.2 Å². The molecule has 0 heterocycles. The number of carboxylic acids is 1. The van der Waals surface area contributed by atoms with Crippen LogP contribution < -0.4 is 10.6 Å². The first-order valence-corrected chi connectivity index (χ1v) is 11.6. The number of nitrogens with zero attached hydrogens (tertiary/aromatic N) is 1. The number of ether oxygens (including phenoxy) is 1. The Balaban J connectivity index is 3.97. The molecular weight excluding hydrogens is 438 g/mol. The van der Waals surface area contributed by atoms with Gasteiger partial charge in [-0.05, 0) is 34.1 Å². The van der Waals surface area contributed by atoms with Gasteiger partial charge in [0.15, 0.2) is 0 Å². The molecule has 0 fully saturated rings. The number of rotatable bonds is 16. The minimum Gasteiger partial charge on any atom is -0.480 e. The lowest BCUT2D eigenvalue weighted by atomic mass is 9.94. The van der Waals surface area contributed by atoms with E-state index in [-0.39, 0.29) is 19.1 Å². The largest absolute Gasteiger partial charge is 0.480 e. The van der Waals surface area contributed by atoms with Crippen LogP contribution >= 0.6 is 21.6 Å². The van der Waals surface area contributed by atoms with Gasteiger partial charge in [-0.2, -0.15) is 0 Å². The Morgan fingerprint density at radius 1 is 1.20 bits per heavy atom. The molecule has 0 rings (SSSR count). The molecule has 0 aliphatic carbocycles. The molecule has 0 bridgehead atoms. The maximum atomic E-state index is 12.0. The molecule has 0 saturated carbocycles. The highest BCUT2D eigenvalue weighted by molar-refractivity contribution is 8.77. The molecule has 0 aromatic heterocycles. The average Bonchev–Trinajstić information content (AvgIpc) is 2.62. The number of nitrogens with one attached hydrogen (secondary N) is 2. The van der Waals surface area contributed by atoms with Crippen molar-refractivity contribution >= 4 is 39.4 Å². The molecule has 174 valence electrons. The first kappa shape index (κ1) is 28.3. The number of carboxylic acid groups (broad SMARTS) is 1. The summed E-state index contributed by atoms with van der Waals surface area (Å²) in [6.45, 7) is 8.60. The molecule has 0 spiro atoms. The maximum absolute atomic E-state index is 12.0. The lowest BCUT2D eigenvalue weighted by Gasteiger charge is -2.30. The number of aliphatic carboxylic acids is 1. The lowest BCUT2D eigenvalue weighted by Crippen LogP contribution is -2.51. The van der Waals surface area contributed by atoms with Crippen molar-refractivity contribution in [3.63, 3.8) is 0 Å². The molecule has 0 aliphatic heterocycles. The second-order valence-corrected chi connectivity index (χ2v) is 10.7. The Kier molecular flexibility index (Phi) is 12.8. The normalized spacial score (nSPS) is 12.7. The van der Waals surface area contributed by atoms with Crippen LogP contribution in [0.25, 0.3) is 0 Å². The van der Waals surface area contributed by atoms with Crippen LogP contribution in [0.4, 0.5) is 0 Å². The van der Waals surface area contributed by atoms with E-state index in [1.807, 2.05) is 0 Å². The fourth-order valence-electron chi connectivity index (χ4n) is 2.06. The Bertz CT molecular complexity index is 602. The minimum absolute atomic E-state index is 0.270. The van der Waals surface area contributed by atoms with Gasteiger partial charge < -0.3 is 25.3 Å². The van der Waals surface area contributed by atoms with Crippen LogP contribution in [-0.2, 0) is 24.0 Å². The highest BCUT2D eigenvalue weighted by Crippen LogP contribution is 2.38. The first-order valence-electron chi connectivity index (χ1n) is 9.23. The molecule has 2 amide bonds. The zero-order valence-corrected chi connectivity index (χ0v) is 19.5. The average molecular weight is 470 g/mol. The van der Waals surface area contributed by atoms with E-state index in [2.05, 4.69) is 15.5 Å². The van der Waals surface area contributed by atoms with Gasteiger partial charge in [-0.3, -0.25) is 9.59 Å². The van der Waals surface area contributed by atoms with E-state index in [9.17, 15) is 29.6 Å². The van der Waals surface area contributed by atoms with Crippen LogP contribution in [0.2, 0.25) is 0 Å². The molecule has 13 heteroatoms. The monoisotopic (exact) mass is 469 g/mol. The summed E-state index contributed by atoms with van der Waals surface area (Å²) in [5.41, 5.74) is -1.03. The van der Waals surface area contributed by atoms with Gasteiger partial charge >= 0.3 is 5.97 Å². The molecular formula is C17H31N3O8S2. The Morgan fingerprint density at radius 3 is 2.37 bits per heavy atom. The van der Waals surface area contributed by atoms with Gasteiger partial charge in [-0.1, -0.05) is 21.6 Å². The summed E-state index contributed by atoms with van der Waals surface area (Å²) >= 11 is 0. The SMILES string of the molecule is CC(=O)NC(C(=O)O)C(C)(C)SSCCCOCCNC(=O)C(C)(C)CO[N+](=O)[O-]. The molecule has 0 saturated heterocycles. The molecule has 30 heavy (non-hydrogen) atoms. The molecule has 0 aromatic carbocycles. The van der Waals surface area contributed by atoms with Crippen molar-refractivity contribution in [1.82, 2.24) is 10.6 Å². The molecule has 0 aromatic rings. The standard InChI is InChI=1S/C17H31N3O8S2/c1-12(21)19-13(14(22)23)17(4,5)30-29-10-6-8-27-9-7-18-15(24)16(2,3)11-28-20(25)26/h13H,6-11H2,1-5H3,(H,18,24)(H,19,21)(H,22,23). The van der Waals surface area contributed by atoms with Crippen molar-refractivity contribution in [2.24, 2.45) is 5.41 Å². The number of hydrogen-bond donors (Lipinski definition) is 3. The van der Waals surface area contributed by atoms with Crippen molar-refractivity contribution in [3.8, 4) is 0 Å². The summed E-state index contributed by atoms with van der Waals surface area (Å²) in [7, 11) is 2.88. The van der Waals surface area contributed by atoms with E-state index >= 15 is 0 Å². The molecule has 11 nitrogen and oxygen atoms in total. The molecule has 1 atom stereocenters. The van der Waals surface area contributed by atoms with Crippen molar-refractivity contribution in [3.05, 3.63) is 10.1 Å². The lowest BCUT2D eigenvalue weighted by molar-refractivity contribution is -0.760. The first-order chi connectivity index (χ1) is 13.8. The van der Waals surface area contributed by atoms with Crippen LogP contribution in [0, 0.1) is 15.5 Å². The molecule has 0 radical (unpaired) electrons. The second kappa shape index (κ2) is 13.5. The van der Waals surface area contributed by atoms with Crippen LogP contribution in [0.3, 0.4) is 0 Å². The van der Waals surface area contributed by atoms with E-state index in [1.165, 1.54) is 28.5 Å². The zero-order chi connectivity index (χ0) is 23.4. The summed E-state index contributed by atoms with van der Waals surface area (Å²) in [5.74, 6) is -1.12. The van der Waals surface area contributed by atoms with E-state index in [0.29, 0.717) is 13.2 Å². The van der Waals surface area contributed by atoms with Gasteiger partial charge in [0.05, 0.1) is 16.8 Å². The predicted molar refractivity (Wildman–Crippen MR) is 115 cm³/mol. The zero-order valence-electron chi connectivity index (χ0n) is 17.9. The van der Waals surface area contributed by atoms with Gasteiger partial charge in [0.25, 0.3) is 5.09 Å². The number of hydrogen-bond acceptors (Lipinski definition) is 9. The topological polar surface area (TPSA) is 157 Å². The predicted octanol–water partition coefficient (Wildman–Crippen LogP) is 1.49. The molecule has 1 unspecified atom stereocenters. The smallest absolute Gasteiger partial charge is 0.327 e. The maximum Gasteiger partial charge on any atom is 0.327 e. The van der Waals surface area contributed by atoms with Crippen LogP contribution in [-0.4, -0.2) is 70.9 Å². The third-order valence-corrected chi connectivity index (χ3v) is 7.14. The molecule has 3 N–H and O–H groups in total. The number of carbonyl (C=O) groups excluding carboxylic acids is 2. The number of amides is 2. The van der Waals surface area contributed by atoms with Gasteiger partial charge in [-0.15, -0.1) is 10.1 Å². The fraction of sp³-hybridized carbons (Fsp3) is 0.824. The summed E-state index contributed by atoms with van der Waals surface area (Å²) in [4.78, 5) is 49.0. The van der Waals surface area contributed by atoms with Crippen LogP contribution in [0.15, 0.2) is 0 Å². The highest BCUT2D eigenvalue weighted by Gasteiger charge is 2.36. The quantitative estimate of drug-likeness (QED) is 0.131. The second-order valence-electron chi connectivity index (χ2n) is 7.58.